The van der Waals surface area contributed by atoms with Gasteiger partial charge in [0.25, 0.3) is 0 Å². The number of hydrogen-bond acceptors (Lipinski definition) is 2. The van der Waals surface area contributed by atoms with E-state index in [1.165, 1.54) is 0 Å². The Morgan fingerprint density at radius 1 is 1.64 bits per heavy atom. The van der Waals surface area contributed by atoms with E-state index in [1.54, 1.807) is 6.92 Å². The van der Waals surface area contributed by atoms with Gasteiger partial charge >= 0.3 is 5.97 Å². The predicted molar refractivity (Wildman–Crippen MR) is 41.7 cm³/mol. The summed E-state index contributed by atoms with van der Waals surface area (Å²) in [7, 11) is 0. The fraction of sp³-hybridized carbons (Fsp3) is 0.833. The first kappa shape index (κ1) is 10.6. The standard InChI is InChI=1S/C6H12O4S/c1-5(4-11(9)10)2-3-6(7)8/h5H,2-4H2,1H3,(H,7,8)(H,9,10). The van der Waals surface area contributed by atoms with Gasteiger partial charge in [0, 0.05) is 6.42 Å². The van der Waals surface area contributed by atoms with Crippen molar-refractivity contribution in [1.29, 1.82) is 0 Å². The van der Waals surface area contributed by atoms with Crippen LogP contribution in [0.3, 0.4) is 0 Å². The van der Waals surface area contributed by atoms with Crippen LogP contribution in [-0.4, -0.2) is 25.6 Å². The molecule has 0 aliphatic rings. The molecule has 2 unspecified atom stereocenters. The lowest BCUT2D eigenvalue weighted by molar-refractivity contribution is -0.137. The van der Waals surface area contributed by atoms with Crippen molar-refractivity contribution in [3.05, 3.63) is 0 Å². The van der Waals surface area contributed by atoms with Crippen molar-refractivity contribution >= 4 is 17.0 Å². The molecule has 66 valence electrons. The number of rotatable bonds is 5. The molecule has 0 saturated carbocycles. The molecule has 0 aliphatic heterocycles. The summed E-state index contributed by atoms with van der Waals surface area (Å²) in [6.07, 6.45) is 0.528. The number of carboxylic acid groups (broad SMARTS) is 1. The fourth-order valence-electron chi connectivity index (χ4n) is 0.697. The van der Waals surface area contributed by atoms with Crippen molar-refractivity contribution in [2.24, 2.45) is 5.92 Å². The second kappa shape index (κ2) is 5.26. The lowest BCUT2D eigenvalue weighted by Gasteiger charge is -2.05. The summed E-state index contributed by atoms with van der Waals surface area (Å²) in [5, 5.41) is 8.26. The van der Waals surface area contributed by atoms with Gasteiger partial charge in [-0.25, -0.2) is 4.21 Å². The van der Waals surface area contributed by atoms with Crippen LogP contribution in [0.1, 0.15) is 19.8 Å². The first-order valence-corrected chi connectivity index (χ1v) is 4.59. The first-order valence-electron chi connectivity index (χ1n) is 3.31. The molecule has 0 heterocycles. The Labute approximate surface area is 67.9 Å². The summed E-state index contributed by atoms with van der Waals surface area (Å²) < 4.78 is 18.6. The van der Waals surface area contributed by atoms with Crippen LogP contribution >= 0.6 is 0 Å². The Hall–Kier alpha value is -0.420. The van der Waals surface area contributed by atoms with Crippen LogP contribution in [0.15, 0.2) is 0 Å². The summed E-state index contributed by atoms with van der Waals surface area (Å²) >= 11 is -1.80. The van der Waals surface area contributed by atoms with Crippen LogP contribution in [0.2, 0.25) is 0 Å². The van der Waals surface area contributed by atoms with E-state index in [2.05, 4.69) is 0 Å². The summed E-state index contributed by atoms with van der Waals surface area (Å²) in [6.45, 7) is 1.76. The summed E-state index contributed by atoms with van der Waals surface area (Å²) in [4.78, 5) is 10.1. The number of aliphatic carboxylic acids is 1. The van der Waals surface area contributed by atoms with Gasteiger partial charge < -0.3 is 9.66 Å². The Balaban J connectivity index is 3.44. The third-order valence-electron chi connectivity index (χ3n) is 1.28. The van der Waals surface area contributed by atoms with Crippen LogP contribution in [-0.2, 0) is 15.9 Å². The molecule has 0 aromatic heterocycles. The zero-order chi connectivity index (χ0) is 8.85. The topological polar surface area (TPSA) is 74.6 Å². The van der Waals surface area contributed by atoms with Gasteiger partial charge in [0.2, 0.25) is 0 Å². The lowest BCUT2D eigenvalue weighted by atomic mass is 10.1. The molecule has 0 aromatic rings. The molecule has 2 atom stereocenters. The van der Waals surface area contributed by atoms with Crippen LogP contribution in [0.25, 0.3) is 0 Å². The minimum absolute atomic E-state index is 0.00284. The average molecular weight is 180 g/mol. The molecular formula is C6H12O4S. The maximum absolute atomic E-state index is 10.2. The van der Waals surface area contributed by atoms with Gasteiger partial charge in [-0.15, -0.1) is 0 Å². The highest BCUT2D eigenvalue weighted by atomic mass is 32.2. The van der Waals surface area contributed by atoms with Gasteiger partial charge in [0.05, 0.1) is 5.75 Å². The summed E-state index contributed by atoms with van der Waals surface area (Å²) in [5.41, 5.74) is 0. The Bertz CT molecular complexity index is 157. The van der Waals surface area contributed by atoms with Crippen molar-refractivity contribution in [1.82, 2.24) is 0 Å². The van der Waals surface area contributed by atoms with Gasteiger partial charge in [-0.05, 0) is 12.3 Å². The fourth-order valence-corrected chi connectivity index (χ4v) is 1.35. The molecule has 4 nitrogen and oxygen atoms in total. The van der Waals surface area contributed by atoms with Gasteiger partial charge in [-0.3, -0.25) is 4.79 Å². The second-order valence-electron chi connectivity index (χ2n) is 2.53. The van der Waals surface area contributed by atoms with Crippen LogP contribution in [0, 0.1) is 5.92 Å². The SMILES string of the molecule is CC(CCC(=O)O)CS(=O)O. The monoisotopic (exact) mass is 180 g/mol. The summed E-state index contributed by atoms with van der Waals surface area (Å²) in [5.74, 6) is -0.703. The molecule has 0 aliphatic carbocycles. The van der Waals surface area contributed by atoms with Crippen molar-refractivity contribution in [3.63, 3.8) is 0 Å². The molecule has 0 aromatic carbocycles. The molecule has 0 saturated heterocycles. The van der Waals surface area contributed by atoms with E-state index in [1.807, 2.05) is 0 Å². The van der Waals surface area contributed by atoms with Gasteiger partial charge in [0.15, 0.2) is 11.1 Å². The number of carboxylic acids is 1. The molecule has 0 spiro atoms. The largest absolute Gasteiger partial charge is 0.481 e. The Kier molecular flexibility index (Phi) is 5.06. The third-order valence-corrected chi connectivity index (χ3v) is 2.13. The van der Waals surface area contributed by atoms with E-state index in [0.29, 0.717) is 6.42 Å². The highest BCUT2D eigenvalue weighted by Gasteiger charge is 2.07. The van der Waals surface area contributed by atoms with Crippen molar-refractivity contribution in [3.8, 4) is 0 Å². The second-order valence-corrected chi connectivity index (χ2v) is 3.50. The number of carbonyl (C=O) groups is 1. The van der Waals surface area contributed by atoms with E-state index >= 15 is 0 Å². The molecule has 0 amide bonds. The van der Waals surface area contributed by atoms with E-state index in [4.69, 9.17) is 9.66 Å². The van der Waals surface area contributed by atoms with E-state index < -0.39 is 17.0 Å². The molecular weight excluding hydrogens is 168 g/mol. The van der Waals surface area contributed by atoms with E-state index in [9.17, 15) is 9.00 Å². The lowest BCUT2D eigenvalue weighted by Crippen LogP contribution is -2.08. The van der Waals surface area contributed by atoms with Crippen molar-refractivity contribution in [2.75, 3.05) is 5.75 Å². The predicted octanol–water partition coefficient (Wildman–Crippen LogP) is 0.709. The molecule has 5 heteroatoms. The van der Waals surface area contributed by atoms with Gasteiger partial charge in [-0.2, -0.15) is 0 Å². The zero-order valence-corrected chi connectivity index (χ0v) is 7.13. The van der Waals surface area contributed by atoms with Gasteiger partial charge in [-0.1, -0.05) is 6.92 Å². The zero-order valence-electron chi connectivity index (χ0n) is 6.32. The summed E-state index contributed by atoms with van der Waals surface area (Å²) in [6, 6.07) is 0. The minimum Gasteiger partial charge on any atom is -0.481 e. The molecule has 2 N–H and O–H groups in total. The number of hydrogen-bond donors (Lipinski definition) is 2. The maximum Gasteiger partial charge on any atom is 0.303 e. The van der Waals surface area contributed by atoms with Crippen LogP contribution in [0.4, 0.5) is 0 Å². The Morgan fingerprint density at radius 3 is 2.55 bits per heavy atom. The molecule has 11 heavy (non-hydrogen) atoms. The van der Waals surface area contributed by atoms with Crippen molar-refractivity contribution in [2.45, 2.75) is 19.8 Å². The average Bonchev–Trinajstić information content (AvgIpc) is 1.82. The molecule has 0 bridgehead atoms. The molecule has 0 radical (unpaired) electrons. The maximum atomic E-state index is 10.2. The quantitative estimate of drug-likeness (QED) is 0.611. The van der Waals surface area contributed by atoms with Gasteiger partial charge in [0.1, 0.15) is 0 Å². The van der Waals surface area contributed by atoms with Crippen molar-refractivity contribution < 1.29 is 18.7 Å². The smallest absolute Gasteiger partial charge is 0.303 e. The highest BCUT2D eigenvalue weighted by Crippen LogP contribution is 2.05. The molecule has 0 rings (SSSR count). The Morgan fingerprint density at radius 2 is 2.18 bits per heavy atom. The highest BCUT2D eigenvalue weighted by molar-refractivity contribution is 7.79. The minimum atomic E-state index is -1.80. The first-order chi connectivity index (χ1) is 5.02. The van der Waals surface area contributed by atoms with E-state index in [-0.39, 0.29) is 18.1 Å². The third kappa shape index (κ3) is 7.48. The normalized spacial score (nSPS) is 15.8. The van der Waals surface area contributed by atoms with E-state index in [0.717, 1.165) is 0 Å². The van der Waals surface area contributed by atoms with Crippen LogP contribution < -0.4 is 0 Å². The van der Waals surface area contributed by atoms with Crippen LogP contribution in [0.5, 0.6) is 0 Å². The molecule has 0 fully saturated rings.